The zero-order chi connectivity index (χ0) is 46.3. The second-order valence-electron chi connectivity index (χ2n) is 15.6. The molecule has 3 aliphatic heterocycles. The van der Waals surface area contributed by atoms with Crippen molar-refractivity contribution in [1.29, 1.82) is 0 Å². The van der Waals surface area contributed by atoms with Gasteiger partial charge >= 0.3 is 18.1 Å². The van der Waals surface area contributed by atoms with Gasteiger partial charge in [-0.15, -0.1) is 13.2 Å². The van der Waals surface area contributed by atoms with Gasteiger partial charge in [-0.05, 0) is 55.4 Å². The van der Waals surface area contributed by atoms with E-state index in [0.29, 0.717) is 31.7 Å². The molecular weight excluding hydrogens is 857 g/mol. The Bertz CT molecular complexity index is 2120. The fourth-order valence-corrected chi connectivity index (χ4v) is 7.84. The summed E-state index contributed by atoms with van der Waals surface area (Å²) in [6, 6.07) is 12.0. The first kappa shape index (κ1) is 48.2. The maximum Gasteiger partial charge on any atom is 0.573 e. The Morgan fingerprint density at radius 1 is 0.938 bits per heavy atom. The molecule has 4 heterocycles. The maximum absolute atomic E-state index is 13.1. The summed E-state index contributed by atoms with van der Waals surface area (Å²) in [6.45, 7) is 1.64. The number of hydrogen-bond donors (Lipinski definition) is 9. The van der Waals surface area contributed by atoms with Crippen molar-refractivity contribution in [1.82, 2.24) is 25.1 Å². The van der Waals surface area contributed by atoms with Gasteiger partial charge in [-0.2, -0.15) is 0 Å². The number of hydrogen-bond acceptors (Lipinski definition) is 16. The number of nitrogens with two attached hydrogens (primary N) is 2. The Hall–Kier alpha value is -5.31. The molecule has 3 aromatic rings. The van der Waals surface area contributed by atoms with Crippen LogP contribution in [0.4, 0.5) is 23.7 Å². The second-order valence-corrected chi connectivity index (χ2v) is 15.6. The number of aromatic nitrogens is 2. The van der Waals surface area contributed by atoms with Crippen LogP contribution in [0, 0.1) is 0 Å². The number of aromatic amines is 1. The van der Waals surface area contributed by atoms with Gasteiger partial charge in [0.25, 0.3) is 5.56 Å². The molecule has 0 spiro atoms. The molecule has 6 rings (SSSR count). The quantitative estimate of drug-likeness (QED) is 0.0661. The molecule has 3 amide bonds. The van der Waals surface area contributed by atoms with Gasteiger partial charge in [0, 0.05) is 70.1 Å². The number of alkyl halides is 3. The first-order valence-corrected chi connectivity index (χ1v) is 20.5. The molecule has 3 aliphatic rings. The molecule has 10 atom stereocenters. The van der Waals surface area contributed by atoms with E-state index in [2.05, 4.69) is 20.3 Å². The SMILES string of the molecule is CN(CCCNC(=O)NCc1ccc(N2CCC(Oc3ccc(OC(F)(F)F)cc3)CC2)cc1)C(C(N)=O)C(OC1OC(CN)C(O)C1O)C1OC(n2ccc(=O)[nH]c2=O)C(O)C1O. The zero-order valence-corrected chi connectivity index (χ0v) is 34.6. The molecule has 0 radical (unpaired) electrons. The van der Waals surface area contributed by atoms with E-state index in [1.54, 1.807) is 0 Å². The Labute approximate surface area is 363 Å². The zero-order valence-electron chi connectivity index (χ0n) is 34.6. The number of ether oxygens (including phenoxy) is 5. The fourth-order valence-electron chi connectivity index (χ4n) is 7.84. The van der Waals surface area contributed by atoms with E-state index in [1.165, 1.54) is 36.2 Å². The van der Waals surface area contributed by atoms with Crippen molar-refractivity contribution in [3.8, 4) is 11.5 Å². The number of halogens is 3. The number of nitrogens with zero attached hydrogens (tertiary/aromatic N) is 3. The lowest BCUT2D eigenvalue weighted by atomic mass is 9.97. The molecule has 352 valence electrons. The predicted octanol–water partition coefficient (Wildman–Crippen LogP) is -1.43. The average Bonchev–Trinajstić information content (AvgIpc) is 3.70. The number of benzene rings is 2. The van der Waals surface area contributed by atoms with Crippen LogP contribution in [0.1, 0.15) is 31.1 Å². The number of amides is 3. The number of carbonyl (C=O) groups is 2. The number of carbonyl (C=O) groups excluding carboxylic acids is 2. The van der Waals surface area contributed by atoms with Crippen LogP contribution >= 0.6 is 0 Å². The van der Waals surface area contributed by atoms with Crippen molar-refractivity contribution in [2.45, 2.75) is 99.6 Å². The third-order valence-electron chi connectivity index (χ3n) is 11.2. The number of aliphatic hydroxyl groups is 4. The number of urea groups is 1. The Balaban J connectivity index is 0.980. The summed E-state index contributed by atoms with van der Waals surface area (Å²) < 4.78 is 65.5. The van der Waals surface area contributed by atoms with Crippen molar-refractivity contribution in [2.24, 2.45) is 11.5 Å². The van der Waals surface area contributed by atoms with Crippen LogP contribution in [0.15, 0.2) is 70.4 Å². The number of piperidine rings is 1. The summed E-state index contributed by atoms with van der Waals surface area (Å²) >= 11 is 0. The molecule has 2 aromatic carbocycles. The van der Waals surface area contributed by atoms with Gasteiger partial charge in [-0.1, -0.05) is 12.1 Å². The highest BCUT2D eigenvalue weighted by Crippen LogP contribution is 2.35. The standard InChI is InChI=1S/C40H53F3N8O13/c1-49(28(35(45)57)33(63-37-32(56)29(53)26(19-44)61-37)34-30(54)31(55)36(62-34)51-18-13-27(52)48-39(51)59)15-2-14-46-38(58)47-20-21-3-5-22(6-4-21)50-16-11-24(12-17-50)60-23-7-9-25(10-8-23)64-40(41,42)43/h3-10,13,18,24,26,28-34,36-37,53-56H,2,11-12,14-17,19-20,44H2,1H3,(H2,45,57)(H2,46,47,58)(H,48,52,59). The Morgan fingerprint density at radius 2 is 1.61 bits per heavy atom. The number of H-pyrrole nitrogens is 1. The summed E-state index contributed by atoms with van der Waals surface area (Å²) in [5.41, 5.74) is 11.7. The topological polar surface area (TPSA) is 299 Å². The van der Waals surface area contributed by atoms with Gasteiger partial charge in [-0.25, -0.2) is 9.59 Å². The number of aliphatic hydroxyl groups excluding tert-OH is 4. The predicted molar refractivity (Wildman–Crippen MR) is 218 cm³/mol. The lowest BCUT2D eigenvalue weighted by Crippen LogP contribution is -2.59. The normalized spacial score (nSPS) is 26.1. The lowest BCUT2D eigenvalue weighted by molar-refractivity contribution is -0.274. The van der Waals surface area contributed by atoms with E-state index in [1.807, 2.05) is 29.2 Å². The van der Waals surface area contributed by atoms with Gasteiger partial charge in [-0.3, -0.25) is 24.0 Å². The largest absolute Gasteiger partial charge is 0.573 e. The van der Waals surface area contributed by atoms with Crippen LogP contribution in [-0.2, 0) is 25.5 Å². The van der Waals surface area contributed by atoms with E-state index < -0.39 is 90.8 Å². The van der Waals surface area contributed by atoms with Gasteiger partial charge in [0.05, 0.1) is 0 Å². The van der Waals surface area contributed by atoms with Crippen LogP contribution in [0.25, 0.3) is 0 Å². The third kappa shape index (κ3) is 12.1. The van der Waals surface area contributed by atoms with Gasteiger partial charge in [0.2, 0.25) is 5.91 Å². The lowest BCUT2D eigenvalue weighted by Gasteiger charge is -2.37. The molecule has 0 bridgehead atoms. The average molecular weight is 911 g/mol. The molecule has 10 unspecified atom stereocenters. The summed E-state index contributed by atoms with van der Waals surface area (Å²) in [4.78, 5) is 55.7. The Kier molecular flexibility index (Phi) is 15.9. The van der Waals surface area contributed by atoms with E-state index in [4.69, 9.17) is 30.4 Å². The smallest absolute Gasteiger partial charge is 0.490 e. The molecule has 21 nitrogen and oxygen atoms in total. The molecular formula is C40H53F3N8O13. The molecule has 0 saturated carbocycles. The number of likely N-dealkylation sites (N-methyl/N-ethyl adjacent to an activating group) is 1. The number of rotatable bonds is 18. The van der Waals surface area contributed by atoms with E-state index >= 15 is 0 Å². The molecule has 11 N–H and O–H groups in total. The van der Waals surface area contributed by atoms with E-state index in [9.17, 15) is 52.8 Å². The summed E-state index contributed by atoms with van der Waals surface area (Å²) in [6.07, 6.45) is -16.3. The van der Waals surface area contributed by atoms with Gasteiger partial charge in [0.1, 0.15) is 66.4 Å². The van der Waals surface area contributed by atoms with Crippen LogP contribution < -0.4 is 47.7 Å². The minimum Gasteiger partial charge on any atom is -0.490 e. The first-order valence-electron chi connectivity index (χ1n) is 20.5. The van der Waals surface area contributed by atoms with E-state index in [0.717, 1.165) is 28.1 Å². The van der Waals surface area contributed by atoms with Crippen LogP contribution in [0.3, 0.4) is 0 Å². The highest BCUT2D eigenvalue weighted by atomic mass is 19.4. The number of nitrogens with one attached hydrogen (secondary N) is 3. The van der Waals surface area contributed by atoms with E-state index in [-0.39, 0.29) is 44.5 Å². The Morgan fingerprint density at radius 3 is 2.22 bits per heavy atom. The second kappa shape index (κ2) is 21.1. The van der Waals surface area contributed by atoms with Crippen LogP contribution in [-0.4, -0.2) is 154 Å². The van der Waals surface area contributed by atoms with Crippen LogP contribution in [0.2, 0.25) is 0 Å². The van der Waals surface area contributed by atoms with Crippen molar-refractivity contribution in [2.75, 3.05) is 44.7 Å². The molecule has 64 heavy (non-hydrogen) atoms. The summed E-state index contributed by atoms with van der Waals surface area (Å²) in [7, 11) is 1.50. The first-order chi connectivity index (χ1) is 30.4. The summed E-state index contributed by atoms with van der Waals surface area (Å²) in [5, 5.41) is 48.8. The molecule has 24 heteroatoms. The van der Waals surface area contributed by atoms with Gasteiger partial charge < -0.3 is 71.1 Å². The highest BCUT2D eigenvalue weighted by Gasteiger charge is 2.54. The number of anilines is 1. The molecule has 3 saturated heterocycles. The number of primary amides is 1. The highest BCUT2D eigenvalue weighted by molar-refractivity contribution is 5.80. The summed E-state index contributed by atoms with van der Waals surface area (Å²) in [5.74, 6) is -0.849. The third-order valence-corrected chi connectivity index (χ3v) is 11.2. The molecule has 3 fully saturated rings. The minimum absolute atomic E-state index is 0.1000. The fraction of sp³-hybridized carbons (Fsp3) is 0.550. The van der Waals surface area contributed by atoms with Crippen molar-refractivity contribution >= 4 is 17.6 Å². The van der Waals surface area contributed by atoms with Crippen molar-refractivity contribution < 1.29 is 66.9 Å². The van der Waals surface area contributed by atoms with Crippen molar-refractivity contribution in [3.63, 3.8) is 0 Å². The molecule has 0 aliphatic carbocycles. The van der Waals surface area contributed by atoms with Gasteiger partial charge in [0.15, 0.2) is 12.5 Å². The monoisotopic (exact) mass is 910 g/mol. The maximum atomic E-state index is 13.1. The van der Waals surface area contributed by atoms with Crippen molar-refractivity contribution in [3.05, 3.63) is 87.2 Å². The van der Waals surface area contributed by atoms with Crippen LogP contribution in [0.5, 0.6) is 11.5 Å². The minimum atomic E-state index is -4.77. The molecule has 1 aromatic heterocycles.